The number of benzene rings is 1. The van der Waals surface area contributed by atoms with Crippen molar-refractivity contribution in [1.82, 2.24) is 4.72 Å². The molecule has 17 heavy (non-hydrogen) atoms. The van der Waals surface area contributed by atoms with Gasteiger partial charge in [0.25, 0.3) is 0 Å². The zero-order chi connectivity index (χ0) is 12.7. The Morgan fingerprint density at radius 3 is 2.65 bits per heavy atom. The van der Waals surface area contributed by atoms with Gasteiger partial charge in [0.15, 0.2) is 0 Å². The predicted octanol–water partition coefficient (Wildman–Crippen LogP) is 1.47. The second-order valence-electron chi connectivity index (χ2n) is 3.53. The number of unbranched alkanes of at least 4 members (excludes halogenated alkanes) is 2. The molecule has 4 nitrogen and oxygen atoms in total. The Labute approximate surface area is 102 Å². The maximum Gasteiger partial charge on any atom is 0.244 e. The molecule has 0 spiro atoms. The summed E-state index contributed by atoms with van der Waals surface area (Å²) in [5.41, 5.74) is 0. The van der Waals surface area contributed by atoms with Crippen LogP contribution in [0.5, 0.6) is 5.75 Å². The summed E-state index contributed by atoms with van der Waals surface area (Å²) in [7, 11) is -3.63. The number of sulfonamides is 1. The molecule has 1 aromatic rings. The molecule has 1 aromatic carbocycles. The highest BCUT2D eigenvalue weighted by atomic mass is 32.2. The van der Waals surface area contributed by atoms with Crippen LogP contribution in [0.15, 0.2) is 29.2 Å². The third-order valence-corrected chi connectivity index (χ3v) is 3.70. The van der Waals surface area contributed by atoms with Gasteiger partial charge in [0, 0.05) is 13.0 Å². The third-order valence-electron chi connectivity index (χ3n) is 2.19. The molecule has 0 aliphatic rings. The quantitative estimate of drug-likeness (QED) is 0.596. The lowest BCUT2D eigenvalue weighted by Gasteiger charge is -2.07. The van der Waals surface area contributed by atoms with E-state index in [1.54, 1.807) is 12.1 Å². The first-order chi connectivity index (χ1) is 8.08. The normalized spacial score (nSPS) is 11.0. The average Bonchev–Trinajstić information content (AvgIpc) is 2.29. The highest BCUT2D eigenvalue weighted by Crippen LogP contribution is 2.20. The van der Waals surface area contributed by atoms with Crippen LogP contribution < -0.4 is 4.72 Å². The van der Waals surface area contributed by atoms with E-state index in [-0.39, 0.29) is 10.6 Å². The molecule has 92 valence electrons. The zero-order valence-electron chi connectivity index (χ0n) is 9.39. The van der Waals surface area contributed by atoms with Crippen molar-refractivity contribution in [2.75, 3.05) is 6.54 Å². The lowest BCUT2D eigenvalue weighted by atomic mass is 10.2. The van der Waals surface area contributed by atoms with E-state index in [4.69, 9.17) is 6.42 Å². The van der Waals surface area contributed by atoms with Crippen LogP contribution in [-0.4, -0.2) is 20.1 Å². The molecule has 0 saturated carbocycles. The lowest BCUT2D eigenvalue weighted by molar-refractivity contribution is 0.458. The molecule has 0 aliphatic heterocycles. The van der Waals surface area contributed by atoms with Crippen molar-refractivity contribution in [3.63, 3.8) is 0 Å². The molecular formula is C12H15NO3S. The Morgan fingerprint density at radius 1 is 1.29 bits per heavy atom. The molecule has 0 fully saturated rings. The van der Waals surface area contributed by atoms with Gasteiger partial charge in [0.1, 0.15) is 10.6 Å². The van der Waals surface area contributed by atoms with Gasteiger partial charge < -0.3 is 5.11 Å². The molecule has 5 heteroatoms. The first-order valence-corrected chi connectivity index (χ1v) is 6.77. The number of phenolic OH excluding ortho intramolecular Hbond substituents is 1. The van der Waals surface area contributed by atoms with Crippen molar-refractivity contribution in [1.29, 1.82) is 0 Å². The number of hydrogen-bond acceptors (Lipinski definition) is 3. The minimum absolute atomic E-state index is 0.100. The van der Waals surface area contributed by atoms with Crippen molar-refractivity contribution in [2.24, 2.45) is 0 Å². The summed E-state index contributed by atoms with van der Waals surface area (Å²) in [5, 5.41) is 9.44. The van der Waals surface area contributed by atoms with Gasteiger partial charge >= 0.3 is 0 Å². The van der Waals surface area contributed by atoms with Crippen molar-refractivity contribution < 1.29 is 13.5 Å². The van der Waals surface area contributed by atoms with Gasteiger partial charge in [-0.3, -0.25) is 0 Å². The number of terminal acetylenes is 1. The first-order valence-electron chi connectivity index (χ1n) is 5.29. The maximum absolute atomic E-state index is 11.8. The molecule has 0 atom stereocenters. The summed E-state index contributed by atoms with van der Waals surface area (Å²) in [5.74, 6) is 2.24. The summed E-state index contributed by atoms with van der Waals surface area (Å²) >= 11 is 0. The van der Waals surface area contributed by atoms with E-state index in [1.165, 1.54) is 12.1 Å². The van der Waals surface area contributed by atoms with Crippen molar-refractivity contribution in [3.05, 3.63) is 24.3 Å². The van der Waals surface area contributed by atoms with Gasteiger partial charge in [0.2, 0.25) is 10.0 Å². The second kappa shape index (κ2) is 6.28. The Kier molecular flexibility index (Phi) is 5.01. The minimum atomic E-state index is -3.63. The number of rotatable bonds is 6. The number of aromatic hydroxyl groups is 1. The van der Waals surface area contributed by atoms with Crippen LogP contribution >= 0.6 is 0 Å². The van der Waals surface area contributed by atoms with Gasteiger partial charge in [-0.1, -0.05) is 12.1 Å². The lowest BCUT2D eigenvalue weighted by Crippen LogP contribution is -2.24. The van der Waals surface area contributed by atoms with Gasteiger partial charge in [-0.15, -0.1) is 12.3 Å². The van der Waals surface area contributed by atoms with E-state index in [0.717, 1.165) is 6.42 Å². The molecule has 0 aromatic heterocycles. The molecule has 0 bridgehead atoms. The molecule has 0 radical (unpaired) electrons. The van der Waals surface area contributed by atoms with Crippen molar-refractivity contribution in [2.45, 2.75) is 24.2 Å². The van der Waals surface area contributed by atoms with Gasteiger partial charge in [0.05, 0.1) is 0 Å². The third kappa shape index (κ3) is 4.10. The van der Waals surface area contributed by atoms with E-state index in [9.17, 15) is 13.5 Å². The molecule has 0 aliphatic carbocycles. The smallest absolute Gasteiger partial charge is 0.244 e. The molecule has 0 amide bonds. The first kappa shape index (κ1) is 13.6. The van der Waals surface area contributed by atoms with Crippen LogP contribution in [0, 0.1) is 12.3 Å². The molecule has 2 N–H and O–H groups in total. The Morgan fingerprint density at radius 2 is 2.00 bits per heavy atom. The number of hydrogen-bond donors (Lipinski definition) is 2. The standard InChI is InChI=1S/C12H15NO3S/c1-2-3-4-7-10-13-17(15,16)12-9-6-5-8-11(12)14/h1,5-6,8-9,13-14H,3-4,7,10H2. The Hall–Kier alpha value is -1.51. The van der Waals surface area contributed by atoms with E-state index in [2.05, 4.69) is 10.6 Å². The number of nitrogens with one attached hydrogen (secondary N) is 1. The summed E-state index contributed by atoms with van der Waals surface area (Å²) in [4.78, 5) is -0.100. The fourth-order valence-electron chi connectivity index (χ4n) is 1.32. The summed E-state index contributed by atoms with van der Waals surface area (Å²) < 4.78 is 26.0. The number of para-hydroxylation sites is 1. The topological polar surface area (TPSA) is 66.4 Å². The highest BCUT2D eigenvalue weighted by molar-refractivity contribution is 7.89. The van der Waals surface area contributed by atoms with E-state index < -0.39 is 10.0 Å². The molecular weight excluding hydrogens is 238 g/mol. The van der Waals surface area contributed by atoms with Crippen LogP contribution in [0.4, 0.5) is 0 Å². The fourth-order valence-corrected chi connectivity index (χ4v) is 2.49. The van der Waals surface area contributed by atoms with E-state index in [1.807, 2.05) is 0 Å². The van der Waals surface area contributed by atoms with Crippen LogP contribution in [0.2, 0.25) is 0 Å². The van der Waals surface area contributed by atoms with Crippen molar-refractivity contribution in [3.8, 4) is 18.1 Å². The molecule has 0 unspecified atom stereocenters. The summed E-state index contributed by atoms with van der Waals surface area (Å²) in [6.45, 7) is 0.318. The van der Waals surface area contributed by atoms with Crippen molar-refractivity contribution >= 4 is 10.0 Å². The zero-order valence-corrected chi connectivity index (χ0v) is 10.2. The Bertz CT molecular complexity index is 503. The Balaban J connectivity index is 2.59. The average molecular weight is 253 g/mol. The van der Waals surface area contributed by atoms with Crippen LogP contribution in [0.3, 0.4) is 0 Å². The van der Waals surface area contributed by atoms with Gasteiger partial charge in [-0.05, 0) is 25.0 Å². The van der Waals surface area contributed by atoms with E-state index >= 15 is 0 Å². The molecule has 0 saturated heterocycles. The second-order valence-corrected chi connectivity index (χ2v) is 5.26. The highest BCUT2D eigenvalue weighted by Gasteiger charge is 2.16. The largest absolute Gasteiger partial charge is 0.507 e. The van der Waals surface area contributed by atoms with Crippen LogP contribution in [0.1, 0.15) is 19.3 Å². The SMILES string of the molecule is C#CCCCCNS(=O)(=O)c1ccccc1O. The summed E-state index contributed by atoms with van der Waals surface area (Å²) in [6, 6.07) is 5.83. The molecule has 1 rings (SSSR count). The fraction of sp³-hybridized carbons (Fsp3) is 0.333. The maximum atomic E-state index is 11.8. The monoisotopic (exact) mass is 253 g/mol. The molecule has 0 heterocycles. The van der Waals surface area contributed by atoms with Gasteiger partial charge in [-0.2, -0.15) is 0 Å². The predicted molar refractivity (Wildman–Crippen MR) is 66.0 cm³/mol. The van der Waals surface area contributed by atoms with Crippen LogP contribution in [0.25, 0.3) is 0 Å². The minimum Gasteiger partial charge on any atom is -0.507 e. The van der Waals surface area contributed by atoms with Crippen LogP contribution in [-0.2, 0) is 10.0 Å². The van der Waals surface area contributed by atoms with E-state index in [0.29, 0.717) is 19.4 Å². The number of phenols is 1. The summed E-state index contributed by atoms with van der Waals surface area (Å²) in [6.07, 6.45) is 7.18. The van der Waals surface area contributed by atoms with Gasteiger partial charge in [-0.25, -0.2) is 13.1 Å².